The van der Waals surface area contributed by atoms with Gasteiger partial charge in [-0.3, -0.25) is 10.1 Å². The number of aromatic carboxylic acids is 1. The van der Waals surface area contributed by atoms with Gasteiger partial charge in [0, 0.05) is 17.6 Å². The molecule has 7 nitrogen and oxygen atoms in total. The predicted molar refractivity (Wildman–Crippen MR) is 61.5 cm³/mol. The molecule has 0 aliphatic carbocycles. The Balaban J connectivity index is 2.90. The maximum absolute atomic E-state index is 11.0. The van der Waals surface area contributed by atoms with Crippen LogP contribution in [-0.2, 0) is 11.3 Å². The SMILES string of the molecule is COCCOc1ccc(C[N+](=O)[O-])cc1C(=O)O. The zero-order valence-electron chi connectivity index (χ0n) is 9.79. The number of rotatable bonds is 7. The smallest absolute Gasteiger partial charge is 0.339 e. The van der Waals surface area contributed by atoms with Gasteiger partial charge in [0.1, 0.15) is 17.9 Å². The van der Waals surface area contributed by atoms with E-state index in [-0.39, 0.29) is 17.9 Å². The van der Waals surface area contributed by atoms with Crippen LogP contribution in [0.4, 0.5) is 0 Å². The molecule has 1 rings (SSSR count). The third-order valence-corrected chi connectivity index (χ3v) is 2.13. The van der Waals surface area contributed by atoms with Crippen molar-refractivity contribution < 1.29 is 24.3 Å². The predicted octanol–water partition coefficient (Wildman–Crippen LogP) is 1.19. The lowest BCUT2D eigenvalue weighted by Gasteiger charge is -2.09. The minimum Gasteiger partial charge on any atom is -0.490 e. The quantitative estimate of drug-likeness (QED) is 0.446. The Bertz CT molecular complexity index is 445. The van der Waals surface area contributed by atoms with E-state index in [0.29, 0.717) is 12.2 Å². The summed E-state index contributed by atoms with van der Waals surface area (Å²) in [6.45, 7) is 0.125. The van der Waals surface area contributed by atoms with E-state index >= 15 is 0 Å². The molecule has 0 aliphatic heterocycles. The zero-order valence-corrected chi connectivity index (χ0v) is 9.79. The van der Waals surface area contributed by atoms with Gasteiger partial charge in [-0.15, -0.1) is 0 Å². The van der Waals surface area contributed by atoms with Gasteiger partial charge in [-0.05, 0) is 18.2 Å². The van der Waals surface area contributed by atoms with Gasteiger partial charge in [0.05, 0.1) is 6.61 Å². The first-order chi connectivity index (χ1) is 8.54. The number of carboxylic acid groups (broad SMARTS) is 1. The van der Waals surface area contributed by atoms with Crippen LogP contribution in [0, 0.1) is 10.1 Å². The number of carbonyl (C=O) groups is 1. The van der Waals surface area contributed by atoms with Crippen LogP contribution in [0.2, 0.25) is 0 Å². The fourth-order valence-corrected chi connectivity index (χ4v) is 1.35. The maximum atomic E-state index is 11.0. The maximum Gasteiger partial charge on any atom is 0.339 e. The van der Waals surface area contributed by atoms with Gasteiger partial charge in [-0.25, -0.2) is 4.79 Å². The minimum absolute atomic E-state index is 0.0922. The van der Waals surface area contributed by atoms with E-state index in [1.807, 2.05) is 0 Å². The number of nitrogens with zero attached hydrogens (tertiary/aromatic N) is 1. The highest BCUT2D eigenvalue weighted by atomic mass is 16.6. The Labute approximate surface area is 103 Å². The summed E-state index contributed by atoms with van der Waals surface area (Å²) in [5.41, 5.74) is 0.224. The molecule has 18 heavy (non-hydrogen) atoms. The third-order valence-electron chi connectivity index (χ3n) is 2.13. The zero-order chi connectivity index (χ0) is 13.5. The first-order valence-corrected chi connectivity index (χ1v) is 5.14. The van der Waals surface area contributed by atoms with Crippen molar-refractivity contribution in [3.63, 3.8) is 0 Å². The van der Waals surface area contributed by atoms with Crippen LogP contribution in [0.25, 0.3) is 0 Å². The molecular weight excluding hydrogens is 242 g/mol. The Morgan fingerprint density at radius 1 is 1.44 bits per heavy atom. The van der Waals surface area contributed by atoms with Crippen LogP contribution < -0.4 is 4.74 Å². The van der Waals surface area contributed by atoms with E-state index in [0.717, 1.165) is 0 Å². The largest absolute Gasteiger partial charge is 0.490 e. The lowest BCUT2D eigenvalue weighted by molar-refractivity contribution is -0.496. The summed E-state index contributed by atoms with van der Waals surface area (Å²) in [6, 6.07) is 4.13. The molecule has 0 bridgehead atoms. The first-order valence-electron chi connectivity index (χ1n) is 5.14. The average Bonchev–Trinajstić information content (AvgIpc) is 2.30. The number of nitro groups is 1. The molecule has 0 saturated carbocycles. The van der Waals surface area contributed by atoms with Gasteiger partial charge in [0.25, 0.3) is 0 Å². The molecule has 98 valence electrons. The van der Waals surface area contributed by atoms with Crippen LogP contribution in [0.1, 0.15) is 15.9 Å². The molecule has 0 aromatic heterocycles. The van der Waals surface area contributed by atoms with Crippen molar-refractivity contribution in [3.05, 3.63) is 39.4 Å². The molecule has 0 saturated heterocycles. The van der Waals surface area contributed by atoms with Crippen molar-refractivity contribution in [1.82, 2.24) is 0 Å². The van der Waals surface area contributed by atoms with E-state index in [1.165, 1.54) is 25.3 Å². The highest BCUT2D eigenvalue weighted by Gasteiger charge is 2.14. The first kappa shape index (κ1) is 13.9. The molecule has 0 heterocycles. The summed E-state index contributed by atoms with van der Waals surface area (Å²) in [7, 11) is 1.50. The highest BCUT2D eigenvalue weighted by molar-refractivity contribution is 5.91. The molecule has 1 aromatic carbocycles. The molecule has 7 heteroatoms. The Morgan fingerprint density at radius 3 is 2.72 bits per heavy atom. The average molecular weight is 255 g/mol. The standard InChI is InChI=1S/C11H13NO6/c1-17-4-5-18-10-3-2-8(7-12(15)16)6-9(10)11(13)14/h2-3,6H,4-5,7H2,1H3,(H,13,14). The topological polar surface area (TPSA) is 98.9 Å². The van der Waals surface area contributed by atoms with Crippen LogP contribution >= 0.6 is 0 Å². The van der Waals surface area contributed by atoms with Gasteiger partial charge >= 0.3 is 5.97 Å². The molecule has 0 aliphatic rings. The summed E-state index contributed by atoms with van der Waals surface area (Å²) in [5, 5.41) is 19.4. The van der Waals surface area contributed by atoms with Gasteiger partial charge in [-0.2, -0.15) is 0 Å². The third kappa shape index (κ3) is 4.02. The Kier molecular flexibility index (Phi) is 5.06. The lowest BCUT2D eigenvalue weighted by Crippen LogP contribution is -2.09. The second-order valence-electron chi connectivity index (χ2n) is 3.47. The van der Waals surface area contributed by atoms with Crippen LogP contribution in [0.5, 0.6) is 5.75 Å². The fourth-order valence-electron chi connectivity index (χ4n) is 1.35. The van der Waals surface area contributed by atoms with Gasteiger partial charge in [-0.1, -0.05) is 0 Å². The molecule has 0 unspecified atom stereocenters. The number of benzene rings is 1. The highest BCUT2D eigenvalue weighted by Crippen LogP contribution is 2.20. The van der Waals surface area contributed by atoms with Gasteiger partial charge < -0.3 is 14.6 Å². The van der Waals surface area contributed by atoms with Crippen molar-refractivity contribution in [2.75, 3.05) is 20.3 Å². The summed E-state index contributed by atoms with van der Waals surface area (Å²) in [4.78, 5) is 20.8. The van der Waals surface area contributed by atoms with E-state index in [1.54, 1.807) is 0 Å². The van der Waals surface area contributed by atoms with E-state index in [2.05, 4.69) is 0 Å². The second-order valence-corrected chi connectivity index (χ2v) is 3.47. The number of hydrogen-bond donors (Lipinski definition) is 1. The number of carboxylic acids is 1. The van der Waals surface area contributed by atoms with Crippen LogP contribution in [0.15, 0.2) is 18.2 Å². The van der Waals surface area contributed by atoms with Gasteiger partial charge in [0.2, 0.25) is 6.54 Å². The summed E-state index contributed by atoms with van der Waals surface area (Å²) < 4.78 is 10.0. The molecule has 0 fully saturated rings. The summed E-state index contributed by atoms with van der Waals surface area (Å²) in [6.07, 6.45) is 0. The normalized spacial score (nSPS) is 10.1. The lowest BCUT2D eigenvalue weighted by atomic mass is 10.1. The monoisotopic (exact) mass is 255 g/mol. The molecule has 1 aromatic rings. The van der Waals surface area contributed by atoms with Crippen molar-refractivity contribution in [2.24, 2.45) is 0 Å². The summed E-state index contributed by atoms with van der Waals surface area (Å²) in [5.74, 6) is -1.01. The number of methoxy groups -OCH3 is 1. The Hall–Kier alpha value is -2.15. The Morgan fingerprint density at radius 2 is 2.17 bits per heavy atom. The van der Waals surface area contributed by atoms with Crippen molar-refractivity contribution in [3.8, 4) is 5.75 Å². The number of hydrogen-bond acceptors (Lipinski definition) is 5. The minimum atomic E-state index is -1.19. The molecule has 1 N–H and O–H groups in total. The van der Waals surface area contributed by atoms with Gasteiger partial charge in [0.15, 0.2) is 0 Å². The molecule has 0 radical (unpaired) electrons. The van der Waals surface area contributed by atoms with Crippen LogP contribution in [0.3, 0.4) is 0 Å². The van der Waals surface area contributed by atoms with Crippen molar-refractivity contribution >= 4 is 5.97 Å². The van der Waals surface area contributed by atoms with E-state index < -0.39 is 17.4 Å². The summed E-state index contributed by atoms with van der Waals surface area (Å²) >= 11 is 0. The van der Waals surface area contributed by atoms with Crippen molar-refractivity contribution in [2.45, 2.75) is 6.54 Å². The van der Waals surface area contributed by atoms with E-state index in [9.17, 15) is 14.9 Å². The molecule has 0 amide bonds. The molecular formula is C11H13NO6. The molecule has 0 atom stereocenters. The number of ether oxygens (including phenoxy) is 2. The molecule has 0 spiro atoms. The van der Waals surface area contributed by atoms with Crippen molar-refractivity contribution in [1.29, 1.82) is 0 Å². The second kappa shape index (κ2) is 6.55. The van der Waals surface area contributed by atoms with E-state index in [4.69, 9.17) is 14.6 Å². The fraction of sp³-hybridized carbons (Fsp3) is 0.364. The van der Waals surface area contributed by atoms with Crippen LogP contribution in [-0.4, -0.2) is 36.3 Å².